The summed E-state index contributed by atoms with van der Waals surface area (Å²) in [6, 6.07) is 0. The van der Waals surface area contributed by atoms with E-state index in [9.17, 15) is 9.90 Å². The molecule has 0 spiro atoms. The normalized spacial score (nSPS) is 23.6. The zero-order chi connectivity index (χ0) is 13.0. The molecule has 4 rings (SSSR count). The molecule has 0 saturated heterocycles. The summed E-state index contributed by atoms with van der Waals surface area (Å²) in [4.78, 5) is 19.8. The molecule has 0 amide bonds. The van der Waals surface area contributed by atoms with E-state index in [1.807, 2.05) is 4.57 Å². The molecule has 96 valence electrons. The number of aromatic nitrogens is 3. The van der Waals surface area contributed by atoms with Crippen molar-refractivity contribution in [2.45, 2.75) is 25.2 Å². The number of carboxylic acids is 1. The molecule has 5 heteroatoms. The van der Waals surface area contributed by atoms with Crippen molar-refractivity contribution in [1.29, 1.82) is 0 Å². The minimum atomic E-state index is -0.849. The molecule has 2 heterocycles. The molecule has 2 aliphatic rings. The molecule has 2 aliphatic carbocycles. The molecule has 0 aromatic carbocycles. The maximum atomic E-state index is 11.4. The van der Waals surface area contributed by atoms with E-state index in [0.29, 0.717) is 17.3 Å². The second kappa shape index (κ2) is 3.66. The first-order chi connectivity index (χ1) is 9.25. The van der Waals surface area contributed by atoms with Gasteiger partial charge in [-0.15, -0.1) is 0 Å². The van der Waals surface area contributed by atoms with E-state index < -0.39 is 5.97 Å². The van der Waals surface area contributed by atoms with Gasteiger partial charge < -0.3 is 9.67 Å². The Labute approximate surface area is 109 Å². The highest BCUT2D eigenvalue weighted by atomic mass is 16.4. The minimum absolute atomic E-state index is 0.422. The fourth-order valence-electron chi connectivity index (χ4n) is 3.25. The van der Waals surface area contributed by atoms with Crippen LogP contribution in [-0.2, 0) is 6.42 Å². The van der Waals surface area contributed by atoms with Gasteiger partial charge in [0, 0.05) is 30.2 Å². The zero-order valence-electron chi connectivity index (χ0n) is 10.3. The first kappa shape index (κ1) is 10.7. The topological polar surface area (TPSA) is 68.0 Å². The fraction of sp³-hybridized carbons (Fsp3) is 0.357. The van der Waals surface area contributed by atoms with Crippen molar-refractivity contribution in [2.24, 2.45) is 5.92 Å². The second-order valence-corrected chi connectivity index (χ2v) is 5.29. The summed E-state index contributed by atoms with van der Waals surface area (Å²) in [5.74, 6) is 1.11. The number of aromatic carboxylic acids is 1. The van der Waals surface area contributed by atoms with Crippen LogP contribution in [0.5, 0.6) is 0 Å². The highest BCUT2D eigenvalue weighted by Gasteiger charge is 2.46. The summed E-state index contributed by atoms with van der Waals surface area (Å²) in [6.45, 7) is 0. The van der Waals surface area contributed by atoms with Crippen LogP contribution in [0.4, 0.5) is 0 Å². The summed E-state index contributed by atoms with van der Waals surface area (Å²) in [5, 5.41) is 9.35. The van der Waals surface area contributed by atoms with Gasteiger partial charge in [0.05, 0.1) is 11.8 Å². The van der Waals surface area contributed by atoms with Crippen molar-refractivity contribution in [2.75, 3.05) is 0 Å². The molecule has 1 saturated carbocycles. The highest BCUT2D eigenvalue weighted by molar-refractivity contribution is 5.90. The van der Waals surface area contributed by atoms with E-state index in [0.717, 1.165) is 30.0 Å². The molecule has 1 fully saturated rings. The van der Waals surface area contributed by atoms with Crippen molar-refractivity contribution in [3.63, 3.8) is 0 Å². The Morgan fingerprint density at radius 3 is 3.05 bits per heavy atom. The molecule has 1 N–H and O–H groups in total. The Morgan fingerprint density at radius 2 is 2.32 bits per heavy atom. The van der Waals surface area contributed by atoms with Crippen molar-refractivity contribution in [3.8, 4) is 5.82 Å². The van der Waals surface area contributed by atoms with Gasteiger partial charge in [-0.25, -0.2) is 9.78 Å². The molecular weight excluding hydrogens is 242 g/mol. The van der Waals surface area contributed by atoms with Crippen LogP contribution >= 0.6 is 0 Å². The quantitative estimate of drug-likeness (QED) is 0.891. The molecule has 2 atom stereocenters. The molecule has 0 bridgehead atoms. The third-order valence-electron chi connectivity index (χ3n) is 4.22. The van der Waals surface area contributed by atoms with Gasteiger partial charge in [-0.3, -0.25) is 4.98 Å². The first-order valence-corrected chi connectivity index (χ1v) is 6.49. The van der Waals surface area contributed by atoms with Crippen molar-refractivity contribution < 1.29 is 9.90 Å². The molecule has 19 heavy (non-hydrogen) atoms. The summed E-state index contributed by atoms with van der Waals surface area (Å²) < 4.78 is 1.93. The van der Waals surface area contributed by atoms with Crippen LogP contribution in [0.25, 0.3) is 5.82 Å². The summed E-state index contributed by atoms with van der Waals surface area (Å²) in [6.07, 6.45) is 9.80. The lowest BCUT2D eigenvalue weighted by molar-refractivity contribution is 0.0695. The standard InChI is InChI=1S/C14H13N3O2/c18-14(19)11-7-17(12-6-15-3-4-16-12)13-9(11)2-1-8-5-10(8)13/h3-4,6-8,10H,1-2,5H2,(H,18,19)/t8-,10+/m1/s1. The minimum Gasteiger partial charge on any atom is -0.478 e. The third kappa shape index (κ3) is 1.51. The maximum Gasteiger partial charge on any atom is 0.337 e. The average molecular weight is 255 g/mol. The summed E-state index contributed by atoms with van der Waals surface area (Å²) >= 11 is 0. The van der Waals surface area contributed by atoms with Gasteiger partial charge in [-0.05, 0) is 30.7 Å². The molecule has 2 aromatic heterocycles. The number of rotatable bonds is 2. The Balaban J connectivity index is 1.94. The molecule has 5 nitrogen and oxygen atoms in total. The number of fused-ring (bicyclic) bond motifs is 3. The molecule has 0 radical (unpaired) electrons. The van der Waals surface area contributed by atoms with Crippen LogP contribution in [0.1, 0.15) is 40.4 Å². The van der Waals surface area contributed by atoms with Crippen molar-refractivity contribution in [1.82, 2.24) is 14.5 Å². The SMILES string of the molecule is O=C(O)c1cn(-c2cnccn2)c2c1CC[C@@H]1C[C@H]21. The Hall–Kier alpha value is -2.17. The summed E-state index contributed by atoms with van der Waals surface area (Å²) in [5.41, 5.74) is 2.57. The molecule has 0 aliphatic heterocycles. The van der Waals surface area contributed by atoms with Gasteiger partial charge in [0.25, 0.3) is 0 Å². The summed E-state index contributed by atoms with van der Waals surface area (Å²) in [7, 11) is 0. The average Bonchev–Trinajstić information content (AvgIpc) is 3.11. The van der Waals surface area contributed by atoms with E-state index >= 15 is 0 Å². The van der Waals surface area contributed by atoms with E-state index in [1.54, 1.807) is 24.8 Å². The van der Waals surface area contributed by atoms with Gasteiger partial charge in [0.2, 0.25) is 0 Å². The number of hydrogen-bond donors (Lipinski definition) is 1. The number of carboxylic acid groups (broad SMARTS) is 1. The predicted molar refractivity (Wildman–Crippen MR) is 67.5 cm³/mol. The molecule has 2 aromatic rings. The maximum absolute atomic E-state index is 11.4. The monoisotopic (exact) mass is 255 g/mol. The lowest BCUT2D eigenvalue weighted by Gasteiger charge is -2.14. The van der Waals surface area contributed by atoms with Gasteiger partial charge in [-0.1, -0.05) is 0 Å². The van der Waals surface area contributed by atoms with Crippen LogP contribution in [0.15, 0.2) is 24.8 Å². The second-order valence-electron chi connectivity index (χ2n) is 5.29. The zero-order valence-corrected chi connectivity index (χ0v) is 10.3. The molecular formula is C14H13N3O2. The van der Waals surface area contributed by atoms with Crippen LogP contribution in [0, 0.1) is 5.92 Å². The van der Waals surface area contributed by atoms with Gasteiger partial charge in [0.1, 0.15) is 0 Å². The van der Waals surface area contributed by atoms with E-state index in [4.69, 9.17) is 0 Å². The number of hydrogen-bond acceptors (Lipinski definition) is 3. The van der Waals surface area contributed by atoms with Crippen LogP contribution in [-0.4, -0.2) is 25.6 Å². The van der Waals surface area contributed by atoms with Gasteiger partial charge >= 0.3 is 5.97 Å². The third-order valence-corrected chi connectivity index (χ3v) is 4.22. The lowest BCUT2D eigenvalue weighted by atomic mass is 9.95. The van der Waals surface area contributed by atoms with Crippen LogP contribution < -0.4 is 0 Å². The van der Waals surface area contributed by atoms with Crippen molar-refractivity contribution >= 4 is 5.97 Å². The van der Waals surface area contributed by atoms with E-state index in [-0.39, 0.29) is 0 Å². The van der Waals surface area contributed by atoms with Crippen molar-refractivity contribution in [3.05, 3.63) is 41.6 Å². The Kier molecular flexibility index (Phi) is 2.07. The van der Waals surface area contributed by atoms with Gasteiger partial charge in [0.15, 0.2) is 5.82 Å². The largest absolute Gasteiger partial charge is 0.478 e. The number of carbonyl (C=O) groups is 1. The predicted octanol–water partition coefficient (Wildman–Crippen LogP) is 2.02. The van der Waals surface area contributed by atoms with Gasteiger partial charge in [-0.2, -0.15) is 0 Å². The van der Waals surface area contributed by atoms with Crippen LogP contribution in [0.3, 0.4) is 0 Å². The van der Waals surface area contributed by atoms with Crippen LogP contribution in [0.2, 0.25) is 0 Å². The Morgan fingerprint density at radius 1 is 1.42 bits per heavy atom. The van der Waals surface area contributed by atoms with E-state index in [1.165, 1.54) is 6.42 Å². The smallest absolute Gasteiger partial charge is 0.337 e. The van der Waals surface area contributed by atoms with E-state index in [2.05, 4.69) is 9.97 Å². The Bertz CT molecular complexity index is 663. The lowest BCUT2D eigenvalue weighted by Crippen LogP contribution is -2.08. The highest BCUT2D eigenvalue weighted by Crippen LogP contribution is 2.55. The fourth-order valence-corrected chi connectivity index (χ4v) is 3.25. The molecule has 0 unspecified atom stereocenters. The number of nitrogens with zero attached hydrogens (tertiary/aromatic N) is 3. The first-order valence-electron chi connectivity index (χ1n) is 6.49.